The summed E-state index contributed by atoms with van der Waals surface area (Å²) in [7, 11) is 0. The Labute approximate surface area is 63.5 Å². The average Bonchev–Trinajstić information content (AvgIpc) is 2.58. The lowest BCUT2D eigenvalue weighted by Crippen LogP contribution is -1.99. The molecule has 0 unspecified atom stereocenters. The predicted octanol–water partition coefficient (Wildman–Crippen LogP) is 0.462. The normalized spacial score (nSPS) is 9.82. The molecule has 1 radical (unpaired) electrons. The Morgan fingerprint density at radius 2 is 2.09 bits per heavy atom. The summed E-state index contributed by atoms with van der Waals surface area (Å²) in [6, 6.07) is 6.38. The third-order valence-corrected chi connectivity index (χ3v) is 1.22. The van der Waals surface area contributed by atoms with Crippen molar-refractivity contribution in [2.45, 2.75) is 0 Å². The number of rotatable bonds is 1. The van der Waals surface area contributed by atoms with Crippen molar-refractivity contribution in [2.75, 3.05) is 0 Å². The monoisotopic (exact) mass is 145 g/mol. The topological polar surface area (TPSA) is 43.6 Å². The summed E-state index contributed by atoms with van der Waals surface area (Å²) in [6.07, 6.45) is 4.80. The maximum absolute atomic E-state index is 4.00. The number of pyridine rings is 1. The zero-order valence-corrected chi connectivity index (χ0v) is 5.68. The first-order valence-corrected chi connectivity index (χ1v) is 3.15. The van der Waals surface area contributed by atoms with Gasteiger partial charge in [-0.2, -0.15) is 10.2 Å². The lowest BCUT2D eigenvalue weighted by atomic mass is 10.5. The SMILES string of the molecule is [c]1ccc(-n2nccn2)nc1. The molecule has 4 nitrogen and oxygen atoms in total. The summed E-state index contributed by atoms with van der Waals surface area (Å²) in [5.74, 6) is 0.703. The first-order valence-electron chi connectivity index (χ1n) is 3.15. The van der Waals surface area contributed by atoms with Gasteiger partial charge >= 0.3 is 0 Å². The van der Waals surface area contributed by atoms with E-state index in [2.05, 4.69) is 21.2 Å². The maximum atomic E-state index is 4.00. The Morgan fingerprint density at radius 1 is 1.27 bits per heavy atom. The van der Waals surface area contributed by atoms with Crippen LogP contribution in [-0.4, -0.2) is 20.0 Å². The van der Waals surface area contributed by atoms with Gasteiger partial charge in [0.05, 0.1) is 12.4 Å². The third-order valence-electron chi connectivity index (χ3n) is 1.22. The van der Waals surface area contributed by atoms with Gasteiger partial charge in [0, 0.05) is 12.3 Å². The van der Waals surface area contributed by atoms with Crippen LogP contribution in [0.2, 0.25) is 0 Å². The standard InChI is InChI=1S/C7H5N4/c1-2-4-8-7(3-1)11-9-5-6-10-11/h1,3-6H. The van der Waals surface area contributed by atoms with Crippen LogP contribution in [0.3, 0.4) is 0 Å². The highest BCUT2D eigenvalue weighted by Crippen LogP contribution is 1.95. The van der Waals surface area contributed by atoms with Crippen LogP contribution in [0.5, 0.6) is 0 Å². The molecule has 0 atom stereocenters. The van der Waals surface area contributed by atoms with Gasteiger partial charge in [-0.15, -0.1) is 4.80 Å². The van der Waals surface area contributed by atoms with Crippen molar-refractivity contribution in [3.63, 3.8) is 0 Å². The molecule has 0 spiro atoms. The van der Waals surface area contributed by atoms with E-state index in [-0.39, 0.29) is 0 Å². The summed E-state index contributed by atoms with van der Waals surface area (Å²) >= 11 is 0. The minimum atomic E-state index is 0.703. The molecule has 0 fully saturated rings. The van der Waals surface area contributed by atoms with Crippen LogP contribution in [0, 0.1) is 6.07 Å². The van der Waals surface area contributed by atoms with Crippen molar-refractivity contribution < 1.29 is 0 Å². The molecule has 0 saturated heterocycles. The molecule has 2 heterocycles. The largest absolute Gasteiger partial charge is 0.235 e. The Bertz CT molecular complexity index is 313. The first-order chi connectivity index (χ1) is 5.47. The number of hydrogen-bond acceptors (Lipinski definition) is 3. The van der Waals surface area contributed by atoms with E-state index in [1.165, 1.54) is 4.80 Å². The Balaban J connectivity index is 2.46. The van der Waals surface area contributed by atoms with E-state index in [9.17, 15) is 0 Å². The van der Waals surface area contributed by atoms with Crippen LogP contribution in [0.15, 0.2) is 30.7 Å². The van der Waals surface area contributed by atoms with Gasteiger partial charge in [0.2, 0.25) is 0 Å². The van der Waals surface area contributed by atoms with Crippen molar-refractivity contribution in [1.29, 1.82) is 0 Å². The molecule has 0 N–H and O–H groups in total. The molecule has 0 aromatic carbocycles. The average molecular weight is 145 g/mol. The molecule has 0 amide bonds. The second-order valence-corrected chi connectivity index (χ2v) is 1.93. The molecule has 0 aliphatic heterocycles. The van der Waals surface area contributed by atoms with Crippen molar-refractivity contribution in [2.24, 2.45) is 0 Å². The highest BCUT2D eigenvalue weighted by Gasteiger charge is 1.94. The highest BCUT2D eigenvalue weighted by atomic mass is 15.5. The van der Waals surface area contributed by atoms with Gasteiger partial charge in [0.25, 0.3) is 0 Å². The van der Waals surface area contributed by atoms with Crippen molar-refractivity contribution in [3.05, 3.63) is 36.8 Å². The summed E-state index contributed by atoms with van der Waals surface area (Å²) in [4.78, 5) is 5.46. The van der Waals surface area contributed by atoms with E-state index in [4.69, 9.17) is 0 Å². The summed E-state index contributed by atoms with van der Waals surface area (Å²) in [5.41, 5.74) is 0. The van der Waals surface area contributed by atoms with Gasteiger partial charge in [-0.05, 0) is 12.1 Å². The fourth-order valence-corrected chi connectivity index (χ4v) is 0.764. The molecule has 4 heteroatoms. The Kier molecular flexibility index (Phi) is 1.37. The predicted molar refractivity (Wildman–Crippen MR) is 38.0 cm³/mol. The van der Waals surface area contributed by atoms with Crippen LogP contribution >= 0.6 is 0 Å². The second-order valence-electron chi connectivity index (χ2n) is 1.93. The van der Waals surface area contributed by atoms with Crippen molar-refractivity contribution in [3.8, 4) is 5.82 Å². The molecule has 53 valence electrons. The smallest absolute Gasteiger partial charge is 0.174 e. The molecular formula is C7H5N4. The first kappa shape index (κ1) is 6.03. The fourth-order valence-electron chi connectivity index (χ4n) is 0.764. The quantitative estimate of drug-likeness (QED) is 0.585. The molecule has 2 aromatic heterocycles. The van der Waals surface area contributed by atoms with E-state index in [0.717, 1.165) is 0 Å². The molecule has 0 aliphatic rings. The Morgan fingerprint density at radius 3 is 2.73 bits per heavy atom. The Hall–Kier alpha value is -1.71. The summed E-state index contributed by atoms with van der Waals surface area (Å²) < 4.78 is 0. The molecule has 0 bridgehead atoms. The number of nitrogens with zero attached hydrogens (tertiary/aromatic N) is 4. The molecule has 0 aliphatic carbocycles. The molecular weight excluding hydrogens is 140 g/mol. The van der Waals surface area contributed by atoms with Crippen LogP contribution in [0.25, 0.3) is 5.82 Å². The molecule has 0 saturated carbocycles. The third kappa shape index (κ3) is 1.10. The van der Waals surface area contributed by atoms with Crippen LogP contribution in [-0.2, 0) is 0 Å². The summed E-state index contributed by atoms with van der Waals surface area (Å²) in [5, 5.41) is 7.83. The van der Waals surface area contributed by atoms with E-state index in [1.54, 1.807) is 30.7 Å². The van der Waals surface area contributed by atoms with Gasteiger partial charge in [0.15, 0.2) is 5.82 Å². The minimum absolute atomic E-state index is 0.703. The van der Waals surface area contributed by atoms with E-state index < -0.39 is 0 Å². The van der Waals surface area contributed by atoms with Crippen molar-refractivity contribution in [1.82, 2.24) is 20.0 Å². The van der Waals surface area contributed by atoms with E-state index in [1.807, 2.05) is 0 Å². The van der Waals surface area contributed by atoms with Gasteiger partial charge in [-0.1, -0.05) is 0 Å². The van der Waals surface area contributed by atoms with Gasteiger partial charge in [-0.25, -0.2) is 4.98 Å². The van der Waals surface area contributed by atoms with Gasteiger partial charge in [0.1, 0.15) is 0 Å². The van der Waals surface area contributed by atoms with Crippen LogP contribution in [0.1, 0.15) is 0 Å². The van der Waals surface area contributed by atoms with E-state index in [0.29, 0.717) is 5.82 Å². The van der Waals surface area contributed by atoms with Crippen molar-refractivity contribution >= 4 is 0 Å². The maximum Gasteiger partial charge on any atom is 0.174 e. The van der Waals surface area contributed by atoms with Gasteiger partial charge < -0.3 is 0 Å². The second kappa shape index (κ2) is 2.49. The molecule has 11 heavy (non-hydrogen) atoms. The van der Waals surface area contributed by atoms with Gasteiger partial charge in [-0.3, -0.25) is 0 Å². The lowest BCUT2D eigenvalue weighted by molar-refractivity contribution is 0.729. The highest BCUT2D eigenvalue weighted by molar-refractivity contribution is 5.16. The minimum Gasteiger partial charge on any atom is -0.235 e. The number of aromatic nitrogens is 4. The summed E-state index contributed by atoms with van der Waals surface area (Å²) in [6.45, 7) is 0. The molecule has 2 rings (SSSR count). The fraction of sp³-hybridized carbons (Fsp3) is 0. The molecule has 2 aromatic rings. The zero-order valence-electron chi connectivity index (χ0n) is 5.68. The van der Waals surface area contributed by atoms with E-state index >= 15 is 0 Å². The lowest BCUT2D eigenvalue weighted by Gasteiger charge is -1.94. The van der Waals surface area contributed by atoms with Crippen LogP contribution < -0.4 is 0 Å². The van der Waals surface area contributed by atoms with Crippen LogP contribution in [0.4, 0.5) is 0 Å². The number of hydrogen-bond donors (Lipinski definition) is 0. The zero-order chi connectivity index (χ0) is 7.52.